The summed E-state index contributed by atoms with van der Waals surface area (Å²) in [5, 5.41) is 8.50. The van der Waals surface area contributed by atoms with Gasteiger partial charge in [-0.25, -0.2) is 9.48 Å². The van der Waals surface area contributed by atoms with E-state index < -0.39 is 24.3 Å². The van der Waals surface area contributed by atoms with Crippen molar-refractivity contribution >= 4 is 5.97 Å². The van der Waals surface area contributed by atoms with Gasteiger partial charge in [0.15, 0.2) is 5.69 Å². The van der Waals surface area contributed by atoms with Gasteiger partial charge < -0.3 is 18.9 Å². The maximum Gasteiger partial charge on any atom is 0.360 e. The predicted octanol–water partition coefficient (Wildman–Crippen LogP) is 5.07. The maximum atomic E-state index is 12.7. The Labute approximate surface area is 222 Å². The van der Waals surface area contributed by atoms with E-state index in [-0.39, 0.29) is 11.7 Å². The molecule has 4 aromatic rings. The summed E-state index contributed by atoms with van der Waals surface area (Å²) < 4.78 is 26.3. The summed E-state index contributed by atoms with van der Waals surface area (Å²) in [4.78, 5) is 12.7. The predicted molar refractivity (Wildman–Crippen MR) is 140 cm³/mol. The van der Waals surface area contributed by atoms with Crippen molar-refractivity contribution in [3.63, 3.8) is 0 Å². The Balaban J connectivity index is 1.51. The summed E-state index contributed by atoms with van der Waals surface area (Å²) in [6, 6.07) is 29.5. The standard InChI is InChI=1S/C30H31N3O5/c1-21-27(36-18-22-12-6-3-7-13-22)29(38-20-24-16-10-5-11-17-24)28(37-19-23-14-8-4-9-15-23)26-25(30(34)35-2)31-32-33(21)26/h3-17,21,27-29H,18-20H2,1-2H3/t21-,27-,28-,29-/m1/s1. The molecule has 0 spiro atoms. The SMILES string of the molecule is COC(=O)c1nnn2c1[C@@H](OCc1ccccc1)[C@H](OCc1ccccc1)[C@H](OCc1ccccc1)[C@H]2C. The fourth-order valence-electron chi connectivity index (χ4n) is 4.73. The van der Waals surface area contributed by atoms with E-state index in [9.17, 15) is 4.79 Å². The second-order valence-electron chi connectivity index (χ2n) is 9.24. The van der Waals surface area contributed by atoms with Gasteiger partial charge in [0.2, 0.25) is 0 Å². The van der Waals surface area contributed by atoms with E-state index in [1.54, 1.807) is 4.68 Å². The number of carbonyl (C=O) groups is 1. The zero-order chi connectivity index (χ0) is 26.3. The summed E-state index contributed by atoms with van der Waals surface area (Å²) in [6.07, 6.45) is -1.66. The van der Waals surface area contributed by atoms with E-state index in [4.69, 9.17) is 18.9 Å². The van der Waals surface area contributed by atoms with Crippen LogP contribution in [0.4, 0.5) is 0 Å². The lowest BCUT2D eigenvalue weighted by Crippen LogP contribution is -2.48. The molecule has 0 unspecified atom stereocenters. The fourth-order valence-corrected chi connectivity index (χ4v) is 4.73. The lowest BCUT2D eigenvalue weighted by Gasteiger charge is -2.41. The van der Waals surface area contributed by atoms with Gasteiger partial charge in [-0.15, -0.1) is 5.10 Å². The molecule has 3 aromatic carbocycles. The van der Waals surface area contributed by atoms with Crippen molar-refractivity contribution in [2.24, 2.45) is 0 Å². The number of hydrogen-bond acceptors (Lipinski definition) is 7. The van der Waals surface area contributed by atoms with Crippen LogP contribution in [0.25, 0.3) is 0 Å². The number of esters is 1. The summed E-state index contributed by atoms with van der Waals surface area (Å²) in [7, 11) is 1.33. The van der Waals surface area contributed by atoms with Crippen LogP contribution in [0.5, 0.6) is 0 Å². The van der Waals surface area contributed by atoms with Crippen molar-refractivity contribution in [3.8, 4) is 0 Å². The molecule has 4 atom stereocenters. The normalized spacial score (nSPS) is 20.6. The summed E-state index contributed by atoms with van der Waals surface area (Å²) in [6.45, 7) is 3.04. The van der Waals surface area contributed by atoms with Crippen molar-refractivity contribution in [3.05, 3.63) is 119 Å². The molecule has 2 heterocycles. The molecule has 8 nitrogen and oxygen atoms in total. The summed E-state index contributed by atoms with van der Waals surface area (Å²) in [5.41, 5.74) is 3.70. The highest BCUT2D eigenvalue weighted by molar-refractivity contribution is 5.88. The van der Waals surface area contributed by atoms with Crippen LogP contribution in [0.2, 0.25) is 0 Å². The first-order valence-electron chi connectivity index (χ1n) is 12.7. The topological polar surface area (TPSA) is 84.7 Å². The molecule has 196 valence electrons. The van der Waals surface area contributed by atoms with Gasteiger partial charge in [-0.3, -0.25) is 0 Å². The van der Waals surface area contributed by atoms with Crippen LogP contribution >= 0.6 is 0 Å². The molecule has 1 aliphatic rings. The van der Waals surface area contributed by atoms with Crippen LogP contribution in [0, 0.1) is 0 Å². The lowest BCUT2D eigenvalue weighted by molar-refractivity contribution is -0.181. The molecule has 0 saturated carbocycles. The first-order chi connectivity index (χ1) is 18.7. The van der Waals surface area contributed by atoms with Gasteiger partial charge in [-0.2, -0.15) is 0 Å². The van der Waals surface area contributed by atoms with Crippen LogP contribution in [-0.4, -0.2) is 40.3 Å². The van der Waals surface area contributed by atoms with Crippen molar-refractivity contribution in [2.45, 2.75) is 51.1 Å². The van der Waals surface area contributed by atoms with E-state index in [0.29, 0.717) is 25.5 Å². The number of aromatic nitrogens is 3. The summed E-state index contributed by atoms with van der Waals surface area (Å²) in [5.74, 6) is -0.572. The molecule has 1 aliphatic heterocycles. The molecule has 0 bridgehead atoms. The average Bonchev–Trinajstić information content (AvgIpc) is 3.42. The number of carbonyl (C=O) groups excluding carboxylic acids is 1. The number of hydrogen-bond donors (Lipinski definition) is 0. The second kappa shape index (κ2) is 12.1. The molecule has 5 rings (SSSR count). The first-order valence-corrected chi connectivity index (χ1v) is 12.7. The van der Waals surface area contributed by atoms with Crippen LogP contribution in [0.3, 0.4) is 0 Å². The second-order valence-corrected chi connectivity index (χ2v) is 9.24. The van der Waals surface area contributed by atoms with E-state index in [1.165, 1.54) is 7.11 Å². The van der Waals surface area contributed by atoms with Gasteiger partial charge in [-0.1, -0.05) is 96.2 Å². The average molecular weight is 514 g/mol. The Morgan fingerprint density at radius 1 is 0.737 bits per heavy atom. The highest BCUT2D eigenvalue weighted by Gasteiger charge is 2.47. The third kappa shape index (κ3) is 5.67. The van der Waals surface area contributed by atoms with Crippen molar-refractivity contribution in [2.75, 3.05) is 7.11 Å². The highest BCUT2D eigenvalue weighted by atomic mass is 16.6. The van der Waals surface area contributed by atoms with E-state index in [2.05, 4.69) is 10.3 Å². The molecule has 0 fully saturated rings. The Morgan fingerprint density at radius 3 is 1.71 bits per heavy atom. The number of rotatable bonds is 10. The van der Waals surface area contributed by atoms with Gasteiger partial charge >= 0.3 is 5.97 Å². The molecule has 0 N–H and O–H groups in total. The van der Waals surface area contributed by atoms with Gasteiger partial charge in [0, 0.05) is 0 Å². The van der Waals surface area contributed by atoms with Crippen molar-refractivity contribution in [1.82, 2.24) is 15.0 Å². The Bertz CT molecular complexity index is 1310. The van der Waals surface area contributed by atoms with Crippen LogP contribution in [0.1, 0.15) is 51.9 Å². The number of fused-ring (bicyclic) bond motifs is 1. The third-order valence-electron chi connectivity index (χ3n) is 6.71. The van der Waals surface area contributed by atoms with Gasteiger partial charge in [-0.05, 0) is 23.6 Å². The molecule has 0 radical (unpaired) electrons. The Morgan fingerprint density at radius 2 is 1.21 bits per heavy atom. The molecule has 8 heteroatoms. The number of methoxy groups -OCH3 is 1. The lowest BCUT2D eigenvalue weighted by atomic mass is 9.93. The Kier molecular flexibility index (Phi) is 8.23. The maximum absolute atomic E-state index is 12.7. The van der Waals surface area contributed by atoms with Gasteiger partial charge in [0.25, 0.3) is 0 Å². The van der Waals surface area contributed by atoms with Crippen LogP contribution in [0.15, 0.2) is 91.0 Å². The first kappa shape index (κ1) is 25.8. The van der Waals surface area contributed by atoms with Crippen molar-refractivity contribution < 1.29 is 23.7 Å². The quantitative estimate of drug-likeness (QED) is 0.274. The fraction of sp³-hybridized carbons (Fsp3) is 0.300. The molecular formula is C30H31N3O5. The van der Waals surface area contributed by atoms with Crippen molar-refractivity contribution in [1.29, 1.82) is 0 Å². The van der Waals surface area contributed by atoms with Gasteiger partial charge in [0.1, 0.15) is 24.0 Å². The zero-order valence-corrected chi connectivity index (χ0v) is 21.5. The van der Waals surface area contributed by atoms with Crippen LogP contribution in [-0.2, 0) is 38.8 Å². The van der Waals surface area contributed by atoms with E-state index >= 15 is 0 Å². The number of ether oxygens (including phenoxy) is 4. The minimum Gasteiger partial charge on any atom is -0.464 e. The summed E-state index contributed by atoms with van der Waals surface area (Å²) >= 11 is 0. The number of nitrogens with zero attached hydrogens (tertiary/aromatic N) is 3. The van der Waals surface area contributed by atoms with Crippen LogP contribution < -0.4 is 0 Å². The molecule has 0 aliphatic carbocycles. The highest BCUT2D eigenvalue weighted by Crippen LogP contribution is 2.40. The molecule has 0 amide bonds. The third-order valence-corrected chi connectivity index (χ3v) is 6.71. The smallest absolute Gasteiger partial charge is 0.360 e. The minimum absolute atomic E-state index is 0.118. The van der Waals surface area contributed by atoms with E-state index in [1.807, 2.05) is 97.9 Å². The largest absolute Gasteiger partial charge is 0.464 e. The molecule has 1 aromatic heterocycles. The molecule has 0 saturated heterocycles. The van der Waals surface area contributed by atoms with E-state index in [0.717, 1.165) is 16.7 Å². The minimum atomic E-state index is -0.681. The monoisotopic (exact) mass is 513 g/mol. The molecular weight excluding hydrogens is 482 g/mol. The Hall–Kier alpha value is -3.85. The zero-order valence-electron chi connectivity index (χ0n) is 21.5. The van der Waals surface area contributed by atoms with Gasteiger partial charge in [0.05, 0.1) is 33.0 Å². The molecule has 38 heavy (non-hydrogen) atoms. The number of benzene rings is 3.